The number of benzene rings is 1. The van der Waals surface area contributed by atoms with Crippen LogP contribution in [0.25, 0.3) is 10.8 Å². The molecule has 126 valence electrons. The molecule has 0 bridgehead atoms. The predicted octanol–water partition coefficient (Wildman–Crippen LogP) is 3.28. The molecular formula is C17H23Cl2N3O. The summed E-state index contributed by atoms with van der Waals surface area (Å²) in [6.45, 7) is 2.32. The van der Waals surface area contributed by atoms with Gasteiger partial charge in [0.2, 0.25) is 0 Å². The van der Waals surface area contributed by atoms with Crippen LogP contribution >= 0.6 is 24.8 Å². The second-order valence-electron chi connectivity index (χ2n) is 5.72. The van der Waals surface area contributed by atoms with Crippen molar-refractivity contribution in [2.45, 2.75) is 19.3 Å². The Bertz CT molecular complexity index is 643. The quantitative estimate of drug-likeness (QED) is 0.918. The maximum atomic E-state index is 12.8. The van der Waals surface area contributed by atoms with Gasteiger partial charge in [-0.05, 0) is 43.2 Å². The van der Waals surface area contributed by atoms with Crippen molar-refractivity contribution in [3.05, 3.63) is 42.2 Å². The molecule has 2 aromatic rings. The van der Waals surface area contributed by atoms with Gasteiger partial charge in [0.15, 0.2) is 0 Å². The second kappa shape index (κ2) is 9.06. The Morgan fingerprint density at radius 1 is 1.26 bits per heavy atom. The summed E-state index contributed by atoms with van der Waals surface area (Å²) in [5, 5.41) is 2.00. The Labute approximate surface area is 149 Å². The second-order valence-corrected chi connectivity index (χ2v) is 5.72. The molecule has 1 atom stereocenters. The lowest BCUT2D eigenvalue weighted by Crippen LogP contribution is -2.40. The normalized spacial score (nSPS) is 17.3. The van der Waals surface area contributed by atoms with Crippen molar-refractivity contribution < 1.29 is 4.79 Å². The average Bonchev–Trinajstić information content (AvgIpc) is 2.54. The minimum Gasteiger partial charge on any atom is -0.337 e. The zero-order valence-electron chi connectivity index (χ0n) is 13.0. The highest BCUT2D eigenvalue weighted by atomic mass is 35.5. The molecule has 23 heavy (non-hydrogen) atoms. The summed E-state index contributed by atoms with van der Waals surface area (Å²) in [5.74, 6) is 0.580. The number of halogens is 2. The monoisotopic (exact) mass is 355 g/mol. The SMILES string of the molecule is Cl.Cl.NCCC1CCCN(C(=O)c2nccc3ccccc23)C1. The van der Waals surface area contributed by atoms with E-state index in [-0.39, 0.29) is 30.7 Å². The van der Waals surface area contributed by atoms with Crippen molar-refractivity contribution in [2.24, 2.45) is 11.7 Å². The van der Waals surface area contributed by atoms with E-state index in [4.69, 9.17) is 5.73 Å². The van der Waals surface area contributed by atoms with E-state index in [1.165, 1.54) is 6.42 Å². The summed E-state index contributed by atoms with van der Waals surface area (Å²) < 4.78 is 0. The molecule has 1 unspecified atom stereocenters. The number of pyridine rings is 1. The van der Waals surface area contributed by atoms with Gasteiger partial charge in [0.05, 0.1) is 0 Å². The number of aromatic nitrogens is 1. The van der Waals surface area contributed by atoms with Gasteiger partial charge in [0.25, 0.3) is 5.91 Å². The van der Waals surface area contributed by atoms with Gasteiger partial charge >= 0.3 is 0 Å². The molecule has 1 aliphatic rings. The maximum Gasteiger partial charge on any atom is 0.273 e. The van der Waals surface area contributed by atoms with E-state index in [0.29, 0.717) is 18.2 Å². The topological polar surface area (TPSA) is 59.2 Å². The lowest BCUT2D eigenvalue weighted by atomic mass is 9.94. The molecule has 0 aliphatic carbocycles. The third kappa shape index (κ3) is 4.34. The fourth-order valence-electron chi connectivity index (χ4n) is 3.16. The summed E-state index contributed by atoms with van der Waals surface area (Å²) in [5.41, 5.74) is 6.22. The van der Waals surface area contributed by atoms with Gasteiger partial charge in [-0.15, -0.1) is 24.8 Å². The predicted molar refractivity (Wildman–Crippen MR) is 98.5 cm³/mol. The Morgan fingerprint density at radius 3 is 2.83 bits per heavy atom. The smallest absolute Gasteiger partial charge is 0.273 e. The van der Waals surface area contributed by atoms with E-state index >= 15 is 0 Å². The number of carbonyl (C=O) groups excluding carboxylic acids is 1. The third-order valence-electron chi connectivity index (χ3n) is 4.26. The van der Waals surface area contributed by atoms with Gasteiger partial charge in [-0.25, -0.2) is 0 Å². The molecule has 1 saturated heterocycles. The molecule has 1 aromatic heterocycles. The Morgan fingerprint density at radius 2 is 2.04 bits per heavy atom. The van der Waals surface area contributed by atoms with E-state index in [1.54, 1.807) is 6.20 Å². The van der Waals surface area contributed by atoms with Crippen molar-refractivity contribution in [2.75, 3.05) is 19.6 Å². The van der Waals surface area contributed by atoms with Crippen molar-refractivity contribution in [3.8, 4) is 0 Å². The summed E-state index contributed by atoms with van der Waals surface area (Å²) in [4.78, 5) is 19.1. The van der Waals surface area contributed by atoms with Crippen LogP contribution in [0.2, 0.25) is 0 Å². The fraction of sp³-hybridized carbons (Fsp3) is 0.412. The number of amides is 1. The zero-order valence-corrected chi connectivity index (χ0v) is 14.6. The first-order valence-electron chi connectivity index (χ1n) is 7.62. The zero-order chi connectivity index (χ0) is 14.7. The highest BCUT2D eigenvalue weighted by molar-refractivity contribution is 6.05. The standard InChI is InChI=1S/C17H21N3O.2ClH/c18-9-7-13-4-3-11-20(12-13)17(21)16-15-6-2-1-5-14(15)8-10-19-16;;/h1-2,5-6,8,10,13H,3-4,7,9,11-12,18H2;2*1H. The molecule has 3 rings (SSSR count). The largest absolute Gasteiger partial charge is 0.337 e. The van der Waals surface area contributed by atoms with Crippen LogP contribution in [0, 0.1) is 5.92 Å². The highest BCUT2D eigenvalue weighted by Crippen LogP contribution is 2.23. The first-order valence-corrected chi connectivity index (χ1v) is 7.62. The van der Waals surface area contributed by atoms with E-state index < -0.39 is 0 Å². The molecular weight excluding hydrogens is 333 g/mol. The number of fused-ring (bicyclic) bond motifs is 1. The minimum atomic E-state index is 0. The van der Waals surface area contributed by atoms with Gasteiger partial charge in [-0.2, -0.15) is 0 Å². The van der Waals surface area contributed by atoms with Gasteiger partial charge in [0.1, 0.15) is 5.69 Å². The van der Waals surface area contributed by atoms with Crippen LogP contribution in [-0.4, -0.2) is 35.4 Å². The molecule has 2 N–H and O–H groups in total. The number of carbonyl (C=O) groups is 1. The Balaban J connectivity index is 0.00000132. The summed E-state index contributed by atoms with van der Waals surface area (Å²) >= 11 is 0. The number of likely N-dealkylation sites (tertiary alicyclic amines) is 1. The molecule has 2 heterocycles. The van der Waals surface area contributed by atoms with Crippen LogP contribution in [0.3, 0.4) is 0 Å². The van der Waals surface area contributed by atoms with E-state index in [2.05, 4.69) is 4.98 Å². The Hall–Kier alpha value is -1.36. The van der Waals surface area contributed by atoms with Crippen LogP contribution in [0.4, 0.5) is 0 Å². The van der Waals surface area contributed by atoms with Crippen molar-refractivity contribution in [1.29, 1.82) is 0 Å². The fourth-order valence-corrected chi connectivity index (χ4v) is 3.16. The molecule has 0 saturated carbocycles. The van der Waals surface area contributed by atoms with Crippen LogP contribution < -0.4 is 5.73 Å². The summed E-state index contributed by atoms with van der Waals surface area (Å²) in [6, 6.07) is 9.86. The molecule has 6 heteroatoms. The highest BCUT2D eigenvalue weighted by Gasteiger charge is 2.25. The Kier molecular flexibility index (Phi) is 7.76. The number of nitrogens with zero attached hydrogens (tertiary/aromatic N) is 2. The van der Waals surface area contributed by atoms with Gasteiger partial charge < -0.3 is 10.6 Å². The number of nitrogens with two attached hydrogens (primary N) is 1. The first kappa shape index (κ1) is 19.7. The molecule has 4 nitrogen and oxygen atoms in total. The van der Waals surface area contributed by atoms with E-state index in [0.717, 1.165) is 36.7 Å². The van der Waals surface area contributed by atoms with E-state index in [1.807, 2.05) is 35.2 Å². The van der Waals surface area contributed by atoms with Crippen LogP contribution in [-0.2, 0) is 0 Å². The molecule has 1 aliphatic heterocycles. The molecule has 0 radical (unpaired) electrons. The average molecular weight is 356 g/mol. The lowest BCUT2D eigenvalue weighted by Gasteiger charge is -2.32. The first-order chi connectivity index (χ1) is 10.3. The van der Waals surface area contributed by atoms with Crippen molar-refractivity contribution in [1.82, 2.24) is 9.88 Å². The number of hydrogen-bond acceptors (Lipinski definition) is 3. The van der Waals surface area contributed by atoms with Crippen LogP contribution in [0.5, 0.6) is 0 Å². The van der Waals surface area contributed by atoms with Crippen molar-refractivity contribution in [3.63, 3.8) is 0 Å². The van der Waals surface area contributed by atoms with E-state index in [9.17, 15) is 4.79 Å². The summed E-state index contributed by atoms with van der Waals surface area (Å²) in [7, 11) is 0. The van der Waals surface area contributed by atoms with Crippen LogP contribution in [0.1, 0.15) is 29.8 Å². The summed E-state index contributed by atoms with van der Waals surface area (Å²) in [6.07, 6.45) is 4.94. The molecule has 1 fully saturated rings. The number of hydrogen-bond donors (Lipinski definition) is 1. The van der Waals surface area contributed by atoms with Crippen molar-refractivity contribution >= 4 is 41.5 Å². The van der Waals surface area contributed by atoms with Gasteiger partial charge in [-0.3, -0.25) is 9.78 Å². The third-order valence-corrected chi connectivity index (χ3v) is 4.26. The van der Waals surface area contributed by atoms with Crippen LogP contribution in [0.15, 0.2) is 36.5 Å². The molecule has 0 spiro atoms. The number of rotatable bonds is 3. The lowest BCUT2D eigenvalue weighted by molar-refractivity contribution is 0.0666. The van der Waals surface area contributed by atoms with Gasteiger partial charge in [-0.1, -0.05) is 24.3 Å². The van der Waals surface area contributed by atoms with Gasteiger partial charge in [0, 0.05) is 24.7 Å². The maximum absolute atomic E-state index is 12.8. The molecule has 1 aromatic carbocycles. The minimum absolute atomic E-state index is 0. The molecule has 1 amide bonds. The number of piperidine rings is 1.